The van der Waals surface area contributed by atoms with Crippen LogP contribution in [0.4, 0.5) is 0 Å². The quantitative estimate of drug-likeness (QED) is 0.386. The summed E-state index contributed by atoms with van der Waals surface area (Å²) in [4.78, 5) is 12.5. The molecule has 12 nitrogen and oxygen atoms in total. The molecule has 3 aliphatic rings. The molecule has 2 aliphatic heterocycles. The Balaban J connectivity index is 1.86. The minimum absolute atomic E-state index is 0.0167. The molecule has 1 aromatic rings. The summed E-state index contributed by atoms with van der Waals surface area (Å²) < 4.78 is 38.9. The number of rotatable bonds is 7. The molecule has 200 valence electrons. The number of fused-ring (bicyclic) bond motifs is 1. The van der Waals surface area contributed by atoms with Crippen molar-refractivity contribution in [2.75, 3.05) is 35.0 Å². The van der Waals surface area contributed by atoms with E-state index in [9.17, 15) is 25.2 Å². The lowest BCUT2D eigenvalue weighted by Gasteiger charge is -2.40. The highest BCUT2D eigenvalue weighted by Crippen LogP contribution is 2.43. The van der Waals surface area contributed by atoms with Crippen LogP contribution in [-0.2, 0) is 23.7 Å². The normalized spacial score (nSPS) is 27.3. The zero-order valence-electron chi connectivity index (χ0n) is 20.5. The zero-order chi connectivity index (χ0) is 26.9. The number of hydrogen-bond donors (Lipinski definition) is 4. The van der Waals surface area contributed by atoms with Gasteiger partial charge in [0.05, 0.1) is 40.6 Å². The number of carbonyl (C=O) groups excluding carboxylic acids is 1. The van der Waals surface area contributed by atoms with Gasteiger partial charge in [0, 0.05) is 17.7 Å². The average molecular weight is 520 g/mol. The molecule has 0 aromatic heterocycles. The van der Waals surface area contributed by atoms with Crippen molar-refractivity contribution >= 4 is 11.9 Å². The molecule has 37 heavy (non-hydrogen) atoms. The molecule has 5 atom stereocenters. The number of carbonyl (C=O) groups is 1. The first-order valence-electron chi connectivity index (χ1n) is 11.2. The fourth-order valence-electron chi connectivity index (χ4n) is 4.04. The van der Waals surface area contributed by atoms with Crippen LogP contribution in [0.25, 0.3) is 6.08 Å². The van der Waals surface area contributed by atoms with Crippen LogP contribution in [0.2, 0.25) is 0 Å². The Kier molecular flexibility index (Phi) is 7.76. The topological polar surface area (TPSA) is 163 Å². The summed E-state index contributed by atoms with van der Waals surface area (Å²) in [7, 11) is 5.61. The van der Waals surface area contributed by atoms with Gasteiger partial charge in [-0.05, 0) is 18.2 Å². The third-order valence-corrected chi connectivity index (χ3v) is 6.06. The Morgan fingerprint density at radius 1 is 0.838 bits per heavy atom. The molecule has 1 fully saturated rings. The summed E-state index contributed by atoms with van der Waals surface area (Å²) in [5.41, 5.74) is 0.780. The first-order valence-corrected chi connectivity index (χ1v) is 11.2. The molecule has 12 heteroatoms. The van der Waals surface area contributed by atoms with E-state index in [1.807, 2.05) is 0 Å². The predicted octanol–water partition coefficient (Wildman–Crippen LogP) is 0.151. The molecule has 0 radical (unpaired) electrons. The molecule has 0 spiro atoms. The van der Waals surface area contributed by atoms with Gasteiger partial charge in [-0.2, -0.15) is 0 Å². The molecular formula is C25H28O12. The van der Waals surface area contributed by atoms with E-state index in [4.69, 9.17) is 33.2 Å². The first-order chi connectivity index (χ1) is 17.8. The molecule has 0 unspecified atom stereocenters. The summed E-state index contributed by atoms with van der Waals surface area (Å²) in [6, 6.07) is 3.25. The van der Waals surface area contributed by atoms with Crippen LogP contribution in [0, 0.1) is 0 Å². The largest absolute Gasteiger partial charge is 0.496 e. The third-order valence-electron chi connectivity index (χ3n) is 6.06. The van der Waals surface area contributed by atoms with E-state index in [0.717, 1.165) is 0 Å². The molecule has 4 N–H and O–H groups in total. The maximum Gasteiger partial charge on any atom is 0.261 e. The number of methoxy groups -OCH3 is 4. The van der Waals surface area contributed by atoms with Crippen molar-refractivity contribution in [2.45, 2.75) is 30.7 Å². The van der Waals surface area contributed by atoms with Gasteiger partial charge < -0.3 is 53.6 Å². The number of Topliss-reactive ketones (excluding diaryl/α,β-unsaturated/α-hetero) is 1. The number of allylic oxidation sites excluding steroid dienone is 3. The highest BCUT2D eigenvalue weighted by molar-refractivity contribution is 6.07. The molecule has 0 amide bonds. The summed E-state index contributed by atoms with van der Waals surface area (Å²) in [6.45, 7) is -0.632. The Morgan fingerprint density at radius 2 is 1.51 bits per heavy atom. The molecular weight excluding hydrogens is 492 g/mol. The molecule has 0 saturated carbocycles. The van der Waals surface area contributed by atoms with Gasteiger partial charge in [-0.3, -0.25) is 4.79 Å². The first kappa shape index (κ1) is 26.5. The monoisotopic (exact) mass is 520 g/mol. The van der Waals surface area contributed by atoms with E-state index in [1.54, 1.807) is 18.2 Å². The van der Waals surface area contributed by atoms with Gasteiger partial charge in [-0.25, -0.2) is 0 Å². The second-order valence-electron chi connectivity index (χ2n) is 8.21. The van der Waals surface area contributed by atoms with E-state index in [2.05, 4.69) is 0 Å². The standard InChI is InChI=1S/C25H28O12/c1-31-12-7-14(32-2)13-9-18(36-25-23(30)22(29)21(28)19(10-26)37-25)24(35-15(13)8-12)11-5-16(33-3)20(27)17(6-11)34-4/h5-9,19,21-23,25-26,28-30H,10H2,1-4H3/t19-,21+,22+,23-,25-/m1/s1. The van der Waals surface area contributed by atoms with Crippen molar-refractivity contribution in [3.63, 3.8) is 0 Å². The number of ether oxygens (including phenoxy) is 7. The zero-order valence-corrected chi connectivity index (χ0v) is 20.5. The summed E-state index contributed by atoms with van der Waals surface area (Å²) >= 11 is 0. The Labute approximate surface area is 212 Å². The van der Waals surface area contributed by atoms with Gasteiger partial charge in [0.2, 0.25) is 6.29 Å². The van der Waals surface area contributed by atoms with Crippen molar-refractivity contribution < 1.29 is 58.4 Å². The van der Waals surface area contributed by atoms with Crippen molar-refractivity contribution in [3.8, 4) is 17.2 Å². The van der Waals surface area contributed by atoms with Gasteiger partial charge in [0.15, 0.2) is 23.0 Å². The number of aliphatic hydroxyl groups excluding tert-OH is 4. The Morgan fingerprint density at radius 3 is 2.08 bits per heavy atom. The van der Waals surface area contributed by atoms with Gasteiger partial charge in [0.1, 0.15) is 41.7 Å². The van der Waals surface area contributed by atoms with Crippen molar-refractivity contribution in [1.29, 1.82) is 0 Å². The lowest BCUT2D eigenvalue weighted by atomic mass is 9.99. The van der Waals surface area contributed by atoms with Gasteiger partial charge in [-0.1, -0.05) is 0 Å². The Bertz CT molecular complexity index is 1150. The number of aliphatic hydroxyl groups is 4. The van der Waals surface area contributed by atoms with E-state index in [-0.39, 0.29) is 23.0 Å². The molecule has 1 aromatic carbocycles. The van der Waals surface area contributed by atoms with E-state index >= 15 is 0 Å². The predicted molar refractivity (Wildman–Crippen MR) is 125 cm³/mol. The van der Waals surface area contributed by atoms with Crippen LogP contribution in [0.1, 0.15) is 5.56 Å². The summed E-state index contributed by atoms with van der Waals surface area (Å²) in [6.07, 6.45) is -3.19. The van der Waals surface area contributed by atoms with Crippen molar-refractivity contribution in [2.24, 2.45) is 0 Å². The van der Waals surface area contributed by atoms with Gasteiger partial charge >= 0.3 is 0 Å². The lowest BCUT2D eigenvalue weighted by molar-refractivity contribution is -0.291. The maximum atomic E-state index is 12.5. The summed E-state index contributed by atoms with van der Waals surface area (Å²) in [5.74, 6) is 0.739. The maximum absolute atomic E-state index is 12.5. The number of benzene rings is 1. The van der Waals surface area contributed by atoms with Crippen LogP contribution >= 0.6 is 0 Å². The highest BCUT2D eigenvalue weighted by Gasteiger charge is 2.45. The van der Waals surface area contributed by atoms with Crippen LogP contribution in [-0.4, -0.2) is 92.0 Å². The molecule has 2 heterocycles. The number of hydrogen-bond acceptors (Lipinski definition) is 12. The minimum Gasteiger partial charge on any atom is -0.496 e. The van der Waals surface area contributed by atoms with E-state index in [0.29, 0.717) is 28.4 Å². The molecule has 4 rings (SSSR count). The van der Waals surface area contributed by atoms with Crippen LogP contribution < -0.4 is 14.2 Å². The van der Waals surface area contributed by atoms with Crippen molar-refractivity contribution in [1.82, 2.24) is 0 Å². The van der Waals surface area contributed by atoms with Crippen LogP contribution in [0.3, 0.4) is 0 Å². The molecule has 1 aliphatic carbocycles. The number of ketones is 1. The summed E-state index contributed by atoms with van der Waals surface area (Å²) in [5, 5.41) is 40.4. The minimum atomic E-state index is -1.67. The Hall–Kier alpha value is -3.55. The highest BCUT2D eigenvalue weighted by atomic mass is 16.7. The fraction of sp³-hybridized carbons (Fsp3) is 0.400. The van der Waals surface area contributed by atoms with E-state index in [1.165, 1.54) is 40.6 Å². The molecule has 0 bridgehead atoms. The molecule has 1 saturated heterocycles. The fourth-order valence-corrected chi connectivity index (χ4v) is 4.04. The SMILES string of the molecule is COC1=CC(=C2Oc3cc(OC)cc(OC)c3C=C2O[C@@H]2O[C@H](CO)[C@H](O)[C@H](O)[C@H]2O)C=C(OC)C1=O. The van der Waals surface area contributed by atoms with Crippen LogP contribution in [0.5, 0.6) is 17.2 Å². The second-order valence-corrected chi connectivity index (χ2v) is 8.21. The second kappa shape index (κ2) is 10.8. The third kappa shape index (κ3) is 4.89. The van der Waals surface area contributed by atoms with Gasteiger partial charge in [0.25, 0.3) is 5.78 Å². The average Bonchev–Trinajstić information content (AvgIpc) is 2.92. The van der Waals surface area contributed by atoms with Crippen molar-refractivity contribution in [3.05, 3.63) is 58.5 Å². The van der Waals surface area contributed by atoms with Gasteiger partial charge in [-0.15, -0.1) is 0 Å². The smallest absolute Gasteiger partial charge is 0.261 e. The lowest BCUT2D eigenvalue weighted by Crippen LogP contribution is -2.59. The van der Waals surface area contributed by atoms with E-state index < -0.39 is 43.1 Å². The van der Waals surface area contributed by atoms with Crippen LogP contribution in [0.15, 0.2) is 52.9 Å².